The van der Waals surface area contributed by atoms with Gasteiger partial charge in [-0.3, -0.25) is 4.79 Å². The number of nitrogens with one attached hydrogen (secondary N) is 1. The standard InChI is InChI=1S/C33H44N4O3/c1-26(2)21-37(33(39)34-29-15-8-5-9-16-29)25-32(38)36(22-27-12-6-4-7-13-27)24-30-17-11-19-35(30)23-28-14-10-18-31(20-28)40-3/h4,6-7,10-14,17-20,26,29H,5,8-9,15-16,21-25H2,1-3H3,(H,34,39). The predicted octanol–water partition coefficient (Wildman–Crippen LogP) is 6.07. The number of aromatic nitrogens is 1. The molecule has 1 aliphatic rings. The van der Waals surface area contributed by atoms with Crippen molar-refractivity contribution < 1.29 is 14.3 Å². The van der Waals surface area contributed by atoms with Gasteiger partial charge in [-0.1, -0.05) is 75.6 Å². The van der Waals surface area contributed by atoms with E-state index in [-0.39, 0.29) is 30.4 Å². The molecule has 1 saturated carbocycles. The van der Waals surface area contributed by atoms with Crippen LogP contribution in [-0.2, 0) is 24.4 Å². The third-order valence-electron chi connectivity index (χ3n) is 7.46. The van der Waals surface area contributed by atoms with Crippen LogP contribution in [-0.4, -0.2) is 52.5 Å². The molecule has 214 valence electrons. The number of rotatable bonds is 12. The predicted molar refractivity (Wildman–Crippen MR) is 159 cm³/mol. The van der Waals surface area contributed by atoms with E-state index in [0.717, 1.165) is 48.3 Å². The van der Waals surface area contributed by atoms with Gasteiger partial charge in [-0.15, -0.1) is 0 Å². The van der Waals surface area contributed by atoms with Crippen molar-refractivity contribution in [1.29, 1.82) is 0 Å². The van der Waals surface area contributed by atoms with Gasteiger partial charge in [-0.2, -0.15) is 0 Å². The fourth-order valence-corrected chi connectivity index (χ4v) is 5.38. The summed E-state index contributed by atoms with van der Waals surface area (Å²) in [6.07, 6.45) is 7.60. The zero-order valence-electron chi connectivity index (χ0n) is 24.2. The van der Waals surface area contributed by atoms with E-state index in [1.165, 1.54) is 6.42 Å². The van der Waals surface area contributed by atoms with Crippen molar-refractivity contribution in [1.82, 2.24) is 19.7 Å². The van der Waals surface area contributed by atoms with Crippen molar-refractivity contribution in [2.45, 2.75) is 71.6 Å². The first-order valence-corrected chi connectivity index (χ1v) is 14.6. The third-order valence-corrected chi connectivity index (χ3v) is 7.46. The lowest BCUT2D eigenvalue weighted by Crippen LogP contribution is -2.50. The fourth-order valence-electron chi connectivity index (χ4n) is 5.38. The Morgan fingerprint density at radius 3 is 2.40 bits per heavy atom. The van der Waals surface area contributed by atoms with E-state index in [9.17, 15) is 9.59 Å². The Kier molecular flexibility index (Phi) is 10.7. The number of amides is 3. The normalized spacial score (nSPS) is 13.7. The van der Waals surface area contributed by atoms with Gasteiger partial charge in [0.25, 0.3) is 0 Å². The van der Waals surface area contributed by atoms with Crippen molar-refractivity contribution in [2.75, 3.05) is 20.2 Å². The van der Waals surface area contributed by atoms with E-state index < -0.39 is 0 Å². The summed E-state index contributed by atoms with van der Waals surface area (Å²) in [7, 11) is 1.67. The second-order valence-corrected chi connectivity index (χ2v) is 11.3. The van der Waals surface area contributed by atoms with Gasteiger partial charge in [-0.25, -0.2) is 4.79 Å². The number of hydrogen-bond donors (Lipinski definition) is 1. The summed E-state index contributed by atoms with van der Waals surface area (Å²) in [5.41, 5.74) is 3.22. The zero-order valence-corrected chi connectivity index (χ0v) is 24.2. The summed E-state index contributed by atoms with van der Waals surface area (Å²) < 4.78 is 7.57. The molecule has 40 heavy (non-hydrogen) atoms. The summed E-state index contributed by atoms with van der Waals surface area (Å²) in [6, 6.07) is 22.2. The topological polar surface area (TPSA) is 66.8 Å². The van der Waals surface area contributed by atoms with Gasteiger partial charge in [-0.05, 0) is 54.2 Å². The molecule has 1 heterocycles. The monoisotopic (exact) mass is 544 g/mol. The van der Waals surface area contributed by atoms with E-state index in [2.05, 4.69) is 35.9 Å². The summed E-state index contributed by atoms with van der Waals surface area (Å²) in [4.78, 5) is 30.8. The molecule has 0 spiro atoms. The molecule has 3 amide bonds. The molecule has 7 nitrogen and oxygen atoms in total. The number of nitrogens with zero attached hydrogens (tertiary/aromatic N) is 3. The summed E-state index contributed by atoms with van der Waals surface area (Å²) in [5, 5.41) is 3.21. The van der Waals surface area contributed by atoms with Gasteiger partial charge in [0.05, 0.1) is 13.7 Å². The molecule has 1 N–H and O–H groups in total. The first kappa shape index (κ1) is 29.2. The number of hydrogen-bond acceptors (Lipinski definition) is 3. The molecule has 1 aliphatic carbocycles. The van der Waals surface area contributed by atoms with E-state index >= 15 is 0 Å². The highest BCUT2D eigenvalue weighted by Crippen LogP contribution is 2.19. The lowest BCUT2D eigenvalue weighted by atomic mass is 9.96. The van der Waals surface area contributed by atoms with Crippen LogP contribution in [0.3, 0.4) is 0 Å². The Morgan fingerprint density at radius 1 is 0.925 bits per heavy atom. The molecular formula is C33H44N4O3. The summed E-state index contributed by atoms with van der Waals surface area (Å²) in [6.45, 7) is 6.36. The highest BCUT2D eigenvalue weighted by molar-refractivity contribution is 5.84. The molecule has 0 aliphatic heterocycles. The first-order chi connectivity index (χ1) is 19.4. The van der Waals surface area contributed by atoms with Gasteiger partial charge in [0.2, 0.25) is 5.91 Å². The van der Waals surface area contributed by atoms with Gasteiger partial charge in [0.1, 0.15) is 12.3 Å². The number of benzene rings is 2. The molecule has 2 aromatic carbocycles. The van der Waals surface area contributed by atoms with Crippen molar-refractivity contribution >= 4 is 11.9 Å². The molecule has 4 rings (SSSR count). The third kappa shape index (κ3) is 8.63. The van der Waals surface area contributed by atoms with Crippen molar-refractivity contribution in [3.63, 3.8) is 0 Å². The Bertz CT molecular complexity index is 1220. The molecule has 3 aromatic rings. The number of urea groups is 1. The van der Waals surface area contributed by atoms with Crippen LogP contribution >= 0.6 is 0 Å². The summed E-state index contributed by atoms with van der Waals surface area (Å²) in [5.74, 6) is 1.02. The second-order valence-electron chi connectivity index (χ2n) is 11.3. The lowest BCUT2D eigenvalue weighted by molar-refractivity contribution is -0.133. The Hall–Kier alpha value is -3.74. The SMILES string of the molecule is COc1cccc(Cn2cccc2CN(Cc2ccccc2)C(=O)CN(CC(C)C)C(=O)NC2CCCCC2)c1. The molecule has 0 atom stereocenters. The second kappa shape index (κ2) is 14.6. The van der Waals surface area contributed by atoms with Gasteiger partial charge >= 0.3 is 6.03 Å². The number of carbonyl (C=O) groups excluding carboxylic acids is 2. The van der Waals surface area contributed by atoms with Crippen LogP contribution < -0.4 is 10.1 Å². The van der Waals surface area contributed by atoms with Gasteiger partial charge < -0.3 is 24.4 Å². The van der Waals surface area contributed by atoms with E-state index in [4.69, 9.17) is 4.74 Å². The van der Waals surface area contributed by atoms with Crippen LogP contribution in [0.15, 0.2) is 72.9 Å². The van der Waals surface area contributed by atoms with Crippen molar-refractivity contribution in [3.8, 4) is 5.75 Å². The molecular weight excluding hydrogens is 500 g/mol. The highest BCUT2D eigenvalue weighted by atomic mass is 16.5. The van der Waals surface area contributed by atoms with Crippen LogP contribution in [0.1, 0.15) is 62.8 Å². The highest BCUT2D eigenvalue weighted by Gasteiger charge is 2.25. The number of ether oxygens (including phenoxy) is 1. The maximum absolute atomic E-state index is 13.9. The fraction of sp³-hybridized carbons (Fsp3) is 0.455. The van der Waals surface area contributed by atoms with E-state index in [1.807, 2.05) is 65.7 Å². The Morgan fingerprint density at radius 2 is 1.68 bits per heavy atom. The molecule has 7 heteroatoms. The average Bonchev–Trinajstić information content (AvgIpc) is 3.39. The van der Waals surface area contributed by atoms with Crippen molar-refractivity contribution in [3.05, 3.63) is 89.7 Å². The Balaban J connectivity index is 1.51. The molecule has 0 bridgehead atoms. The molecule has 1 fully saturated rings. The smallest absolute Gasteiger partial charge is 0.318 e. The Labute approximate surface area is 239 Å². The van der Waals surface area contributed by atoms with E-state index in [0.29, 0.717) is 26.2 Å². The van der Waals surface area contributed by atoms with Crippen LogP contribution in [0, 0.1) is 5.92 Å². The van der Waals surface area contributed by atoms with Gasteiger partial charge in [0.15, 0.2) is 0 Å². The van der Waals surface area contributed by atoms with Crippen LogP contribution in [0.4, 0.5) is 4.79 Å². The minimum atomic E-state index is -0.130. The molecule has 0 radical (unpaired) electrons. The zero-order chi connectivity index (χ0) is 28.3. The molecule has 1 aromatic heterocycles. The average molecular weight is 545 g/mol. The molecule has 0 saturated heterocycles. The van der Waals surface area contributed by atoms with Gasteiger partial charge in [0, 0.05) is 37.6 Å². The first-order valence-electron chi connectivity index (χ1n) is 14.6. The maximum atomic E-state index is 13.9. The minimum absolute atomic E-state index is 0.0557. The van der Waals surface area contributed by atoms with E-state index in [1.54, 1.807) is 12.0 Å². The number of carbonyl (C=O) groups is 2. The largest absolute Gasteiger partial charge is 0.497 e. The minimum Gasteiger partial charge on any atom is -0.497 e. The molecule has 0 unspecified atom stereocenters. The maximum Gasteiger partial charge on any atom is 0.318 e. The van der Waals surface area contributed by atoms with Crippen molar-refractivity contribution in [2.24, 2.45) is 5.92 Å². The number of methoxy groups -OCH3 is 1. The van der Waals surface area contributed by atoms with Crippen LogP contribution in [0.25, 0.3) is 0 Å². The summed E-state index contributed by atoms with van der Waals surface area (Å²) >= 11 is 0. The quantitative estimate of drug-likeness (QED) is 0.301. The lowest BCUT2D eigenvalue weighted by Gasteiger charge is -2.31. The van der Waals surface area contributed by atoms with Crippen LogP contribution in [0.2, 0.25) is 0 Å². The van der Waals surface area contributed by atoms with Crippen LogP contribution in [0.5, 0.6) is 5.75 Å².